The SMILES string of the molecule is Nc1nc2nc(-c3ccccc3)nc(N)c2nc1-c1ccc(N(CCO)CCO)cc1. The molecular formula is C22H23N7O2. The molecule has 2 aromatic heterocycles. The first-order valence-corrected chi connectivity index (χ1v) is 9.84. The van der Waals surface area contributed by atoms with Gasteiger partial charge in [0.05, 0.1) is 13.2 Å². The molecule has 0 fully saturated rings. The number of nitrogens with zero attached hydrogens (tertiary/aromatic N) is 5. The smallest absolute Gasteiger partial charge is 0.186 e. The second-order valence-corrected chi connectivity index (χ2v) is 6.91. The Morgan fingerprint density at radius 3 is 2.03 bits per heavy atom. The number of hydrogen-bond donors (Lipinski definition) is 4. The Labute approximate surface area is 179 Å². The molecule has 9 heteroatoms. The largest absolute Gasteiger partial charge is 0.395 e. The van der Waals surface area contributed by atoms with Gasteiger partial charge in [0.25, 0.3) is 0 Å². The van der Waals surface area contributed by atoms with Crippen molar-refractivity contribution < 1.29 is 10.2 Å². The van der Waals surface area contributed by atoms with E-state index in [1.165, 1.54) is 0 Å². The fourth-order valence-corrected chi connectivity index (χ4v) is 3.35. The summed E-state index contributed by atoms with van der Waals surface area (Å²) in [6, 6.07) is 17.0. The van der Waals surface area contributed by atoms with Gasteiger partial charge in [0.1, 0.15) is 5.69 Å². The summed E-state index contributed by atoms with van der Waals surface area (Å²) < 4.78 is 0. The van der Waals surface area contributed by atoms with Gasteiger partial charge in [0.2, 0.25) is 0 Å². The minimum Gasteiger partial charge on any atom is -0.395 e. The van der Waals surface area contributed by atoms with Crippen molar-refractivity contribution in [2.45, 2.75) is 0 Å². The summed E-state index contributed by atoms with van der Waals surface area (Å²) in [6.45, 7) is 0.842. The van der Waals surface area contributed by atoms with E-state index in [0.717, 1.165) is 16.8 Å². The van der Waals surface area contributed by atoms with Crippen LogP contribution in [0.4, 0.5) is 17.3 Å². The Hall–Kier alpha value is -3.82. The fourth-order valence-electron chi connectivity index (χ4n) is 3.35. The van der Waals surface area contributed by atoms with Gasteiger partial charge in [0, 0.05) is 29.9 Å². The maximum absolute atomic E-state index is 9.23. The highest BCUT2D eigenvalue weighted by Gasteiger charge is 2.15. The summed E-state index contributed by atoms with van der Waals surface area (Å²) in [4.78, 5) is 19.8. The first kappa shape index (κ1) is 20.5. The Morgan fingerprint density at radius 2 is 1.39 bits per heavy atom. The van der Waals surface area contributed by atoms with Gasteiger partial charge in [-0.05, 0) is 12.1 Å². The Bertz CT molecular complexity index is 1180. The fraction of sp³-hybridized carbons (Fsp3) is 0.182. The van der Waals surface area contributed by atoms with E-state index in [4.69, 9.17) is 11.5 Å². The van der Waals surface area contributed by atoms with Crippen molar-refractivity contribution >= 4 is 28.5 Å². The van der Waals surface area contributed by atoms with Gasteiger partial charge in [-0.25, -0.2) is 19.9 Å². The minimum absolute atomic E-state index is 0.00486. The van der Waals surface area contributed by atoms with Crippen LogP contribution in [0.3, 0.4) is 0 Å². The predicted octanol–water partition coefficient (Wildman–Crippen LogP) is 1.71. The lowest BCUT2D eigenvalue weighted by Gasteiger charge is -2.23. The summed E-state index contributed by atoms with van der Waals surface area (Å²) >= 11 is 0. The normalized spacial score (nSPS) is 11.0. The Balaban J connectivity index is 1.71. The number of aliphatic hydroxyl groups excluding tert-OH is 2. The van der Waals surface area contributed by atoms with Crippen LogP contribution in [0.2, 0.25) is 0 Å². The molecule has 2 aromatic carbocycles. The number of fused-ring (bicyclic) bond motifs is 1. The highest BCUT2D eigenvalue weighted by molar-refractivity contribution is 5.88. The number of nitrogen functional groups attached to an aromatic ring is 2. The van der Waals surface area contributed by atoms with Crippen LogP contribution >= 0.6 is 0 Å². The molecule has 9 nitrogen and oxygen atoms in total. The quantitative estimate of drug-likeness (QED) is 0.353. The lowest BCUT2D eigenvalue weighted by Crippen LogP contribution is -2.29. The first-order chi connectivity index (χ1) is 15.1. The number of nitrogens with two attached hydrogens (primary N) is 2. The molecule has 158 valence electrons. The van der Waals surface area contributed by atoms with E-state index in [1.807, 2.05) is 59.5 Å². The molecule has 31 heavy (non-hydrogen) atoms. The molecule has 0 radical (unpaired) electrons. The molecule has 0 aliphatic heterocycles. The molecule has 0 aliphatic rings. The maximum Gasteiger partial charge on any atom is 0.186 e. The van der Waals surface area contributed by atoms with E-state index in [1.54, 1.807) is 0 Å². The summed E-state index contributed by atoms with van der Waals surface area (Å²) in [5, 5.41) is 18.5. The second-order valence-electron chi connectivity index (χ2n) is 6.91. The molecule has 0 bridgehead atoms. The average molecular weight is 417 g/mol. The number of rotatable bonds is 7. The van der Waals surface area contributed by atoms with E-state index < -0.39 is 0 Å². The summed E-state index contributed by atoms with van der Waals surface area (Å²) in [5.41, 5.74) is 16.0. The lowest BCUT2D eigenvalue weighted by molar-refractivity contribution is 0.281. The second kappa shape index (κ2) is 8.90. The zero-order valence-electron chi connectivity index (χ0n) is 16.8. The standard InChI is InChI=1S/C22H23N7O2/c23-19-17(14-6-8-16(9-7-14)29(10-12-30)11-13-31)25-18-20(24)26-21(28-22(18)27-19)15-4-2-1-3-5-15/h1-9,30-31H,10-13H2,(H4,23,24,26,27,28). The van der Waals surface area contributed by atoms with Crippen molar-refractivity contribution in [2.24, 2.45) is 0 Å². The molecule has 2 heterocycles. The van der Waals surface area contributed by atoms with Crippen LogP contribution in [-0.2, 0) is 0 Å². The van der Waals surface area contributed by atoms with Crippen molar-refractivity contribution in [2.75, 3.05) is 42.7 Å². The van der Waals surface area contributed by atoms with Crippen LogP contribution in [0.25, 0.3) is 33.8 Å². The summed E-state index contributed by atoms with van der Waals surface area (Å²) in [5.74, 6) is 0.926. The van der Waals surface area contributed by atoms with Gasteiger partial charge in [-0.1, -0.05) is 42.5 Å². The highest BCUT2D eigenvalue weighted by Crippen LogP contribution is 2.29. The molecule has 0 atom stereocenters. The molecule has 0 aliphatic carbocycles. The van der Waals surface area contributed by atoms with Gasteiger partial charge in [-0.2, -0.15) is 0 Å². The zero-order valence-corrected chi connectivity index (χ0v) is 16.8. The van der Waals surface area contributed by atoms with E-state index >= 15 is 0 Å². The van der Waals surface area contributed by atoms with Gasteiger partial charge < -0.3 is 26.6 Å². The molecule has 0 amide bonds. The Morgan fingerprint density at radius 1 is 0.710 bits per heavy atom. The number of hydrogen-bond acceptors (Lipinski definition) is 9. The van der Waals surface area contributed by atoms with Gasteiger partial charge in [0.15, 0.2) is 28.6 Å². The van der Waals surface area contributed by atoms with Crippen molar-refractivity contribution in [1.29, 1.82) is 0 Å². The van der Waals surface area contributed by atoms with Crippen LogP contribution in [0.15, 0.2) is 54.6 Å². The highest BCUT2D eigenvalue weighted by atomic mass is 16.3. The van der Waals surface area contributed by atoms with Crippen LogP contribution in [0.1, 0.15) is 0 Å². The van der Waals surface area contributed by atoms with Gasteiger partial charge in [-0.15, -0.1) is 0 Å². The van der Waals surface area contributed by atoms with Crippen LogP contribution in [0.5, 0.6) is 0 Å². The third kappa shape index (κ3) is 4.23. The summed E-state index contributed by atoms with van der Waals surface area (Å²) in [6.07, 6.45) is 0. The lowest BCUT2D eigenvalue weighted by atomic mass is 10.1. The molecule has 0 spiro atoms. The minimum atomic E-state index is -0.00486. The van der Waals surface area contributed by atoms with Crippen molar-refractivity contribution in [3.63, 3.8) is 0 Å². The number of anilines is 3. The van der Waals surface area contributed by atoms with E-state index in [9.17, 15) is 10.2 Å². The Kier molecular flexibility index (Phi) is 5.87. The van der Waals surface area contributed by atoms with Crippen LogP contribution in [-0.4, -0.2) is 56.5 Å². The molecular weight excluding hydrogens is 394 g/mol. The molecule has 0 unspecified atom stereocenters. The predicted molar refractivity (Wildman–Crippen MR) is 121 cm³/mol. The number of aromatic nitrogens is 4. The van der Waals surface area contributed by atoms with Crippen molar-refractivity contribution in [3.05, 3.63) is 54.6 Å². The molecule has 0 saturated heterocycles. The molecule has 0 saturated carbocycles. The number of benzene rings is 2. The first-order valence-electron chi connectivity index (χ1n) is 9.84. The van der Waals surface area contributed by atoms with Crippen molar-refractivity contribution in [1.82, 2.24) is 19.9 Å². The third-order valence-corrected chi connectivity index (χ3v) is 4.86. The monoisotopic (exact) mass is 417 g/mol. The van der Waals surface area contributed by atoms with Crippen LogP contribution in [0, 0.1) is 0 Å². The third-order valence-electron chi connectivity index (χ3n) is 4.86. The molecule has 4 rings (SSSR count). The zero-order chi connectivity index (χ0) is 21.8. The van der Waals surface area contributed by atoms with Gasteiger partial charge >= 0.3 is 0 Å². The molecule has 4 aromatic rings. The topological polar surface area (TPSA) is 147 Å². The van der Waals surface area contributed by atoms with Gasteiger partial charge in [-0.3, -0.25) is 0 Å². The summed E-state index contributed by atoms with van der Waals surface area (Å²) in [7, 11) is 0. The van der Waals surface area contributed by atoms with Crippen molar-refractivity contribution in [3.8, 4) is 22.6 Å². The van der Waals surface area contributed by atoms with Crippen LogP contribution < -0.4 is 16.4 Å². The number of aliphatic hydroxyl groups is 2. The maximum atomic E-state index is 9.23. The van der Waals surface area contributed by atoms with E-state index in [0.29, 0.717) is 35.8 Å². The van der Waals surface area contributed by atoms with E-state index in [-0.39, 0.29) is 24.8 Å². The average Bonchev–Trinajstić information content (AvgIpc) is 2.79. The molecule has 6 N–H and O–H groups in total. The van der Waals surface area contributed by atoms with E-state index in [2.05, 4.69) is 19.9 Å².